The second kappa shape index (κ2) is 4.69. The van der Waals surface area contributed by atoms with Gasteiger partial charge in [-0.3, -0.25) is 4.79 Å². The van der Waals surface area contributed by atoms with Gasteiger partial charge in [0, 0.05) is 19.5 Å². The largest absolute Gasteiger partial charge is 0.343 e. The van der Waals surface area contributed by atoms with E-state index in [-0.39, 0.29) is 5.91 Å². The summed E-state index contributed by atoms with van der Waals surface area (Å²) < 4.78 is 0. The van der Waals surface area contributed by atoms with Crippen molar-refractivity contribution in [3.05, 3.63) is 35.4 Å². The van der Waals surface area contributed by atoms with Crippen LogP contribution in [0, 0.1) is 6.92 Å². The molecule has 1 aromatic carbocycles. The van der Waals surface area contributed by atoms with Crippen molar-refractivity contribution in [3.63, 3.8) is 0 Å². The average Bonchev–Trinajstić information content (AvgIpc) is 3.10. The minimum Gasteiger partial charge on any atom is -0.343 e. The Kier molecular flexibility index (Phi) is 3.28. The van der Waals surface area contributed by atoms with Gasteiger partial charge in [-0.1, -0.05) is 24.3 Å². The molecule has 2 rings (SSSR count). The molecule has 1 aliphatic rings. The van der Waals surface area contributed by atoms with Crippen LogP contribution in [-0.4, -0.2) is 23.9 Å². The Morgan fingerprint density at radius 2 is 2.06 bits per heavy atom. The van der Waals surface area contributed by atoms with Crippen LogP contribution in [0.4, 0.5) is 0 Å². The summed E-state index contributed by atoms with van der Waals surface area (Å²) in [5.74, 6) is 0.283. The molecule has 0 radical (unpaired) electrons. The fraction of sp³-hybridized carbons (Fsp3) is 0.500. The monoisotopic (exact) mass is 217 g/mol. The second-order valence-electron chi connectivity index (χ2n) is 4.66. The summed E-state index contributed by atoms with van der Waals surface area (Å²) in [5.41, 5.74) is 2.57. The maximum absolute atomic E-state index is 11.8. The first-order valence-corrected chi connectivity index (χ1v) is 5.98. The summed E-state index contributed by atoms with van der Waals surface area (Å²) >= 11 is 0. The molecule has 0 aliphatic heterocycles. The molecule has 1 fully saturated rings. The highest BCUT2D eigenvalue weighted by Crippen LogP contribution is 2.26. The van der Waals surface area contributed by atoms with Crippen LogP contribution in [0.3, 0.4) is 0 Å². The van der Waals surface area contributed by atoms with Gasteiger partial charge in [0.05, 0.1) is 0 Å². The Labute approximate surface area is 97.3 Å². The number of rotatable bonds is 4. The first-order chi connectivity index (χ1) is 7.68. The summed E-state index contributed by atoms with van der Waals surface area (Å²) in [7, 11) is 1.93. The first kappa shape index (κ1) is 11.2. The number of amides is 1. The van der Waals surface area contributed by atoms with Crippen LogP contribution in [0.2, 0.25) is 0 Å². The van der Waals surface area contributed by atoms with E-state index in [0.29, 0.717) is 12.5 Å². The van der Waals surface area contributed by atoms with Crippen LogP contribution in [0.5, 0.6) is 0 Å². The van der Waals surface area contributed by atoms with E-state index < -0.39 is 0 Å². The highest BCUT2D eigenvalue weighted by atomic mass is 16.2. The summed E-state index contributed by atoms with van der Waals surface area (Å²) in [6.07, 6.45) is 3.87. The Hall–Kier alpha value is -1.31. The molecule has 0 N–H and O–H groups in total. The molecule has 0 unspecified atom stereocenters. The van der Waals surface area contributed by atoms with Crippen LogP contribution >= 0.6 is 0 Å². The summed E-state index contributed by atoms with van der Waals surface area (Å²) in [6, 6.07) is 8.82. The fourth-order valence-corrected chi connectivity index (χ4v) is 1.97. The van der Waals surface area contributed by atoms with Crippen LogP contribution in [-0.2, 0) is 11.2 Å². The number of aryl methyl sites for hydroxylation is 2. The van der Waals surface area contributed by atoms with Gasteiger partial charge in [0.2, 0.25) is 5.91 Å². The summed E-state index contributed by atoms with van der Waals surface area (Å²) in [5, 5.41) is 0. The van der Waals surface area contributed by atoms with Gasteiger partial charge in [-0.2, -0.15) is 0 Å². The van der Waals surface area contributed by atoms with Crippen molar-refractivity contribution in [2.24, 2.45) is 0 Å². The molecule has 0 atom stereocenters. The Balaban J connectivity index is 1.87. The lowest BCUT2D eigenvalue weighted by Crippen LogP contribution is -2.28. The van der Waals surface area contributed by atoms with Crippen molar-refractivity contribution in [3.8, 4) is 0 Å². The smallest absolute Gasteiger partial charge is 0.222 e. The Bertz CT molecular complexity index is 382. The molecule has 1 amide bonds. The molecular weight excluding hydrogens is 198 g/mol. The predicted molar refractivity (Wildman–Crippen MR) is 65.3 cm³/mol. The molecule has 0 spiro atoms. The SMILES string of the molecule is Cc1ccccc1CCC(=O)N(C)C1CC1. The number of hydrogen-bond acceptors (Lipinski definition) is 1. The minimum atomic E-state index is 0.283. The molecule has 0 aromatic heterocycles. The van der Waals surface area contributed by atoms with Crippen LogP contribution in [0.25, 0.3) is 0 Å². The normalized spacial score (nSPS) is 14.9. The lowest BCUT2D eigenvalue weighted by atomic mass is 10.0. The van der Waals surface area contributed by atoms with Crippen molar-refractivity contribution in [1.82, 2.24) is 4.90 Å². The van der Waals surface area contributed by atoms with Gasteiger partial charge in [0.1, 0.15) is 0 Å². The van der Waals surface area contributed by atoms with E-state index in [1.165, 1.54) is 24.0 Å². The van der Waals surface area contributed by atoms with Gasteiger partial charge in [-0.05, 0) is 37.3 Å². The Morgan fingerprint density at radius 3 is 2.69 bits per heavy atom. The average molecular weight is 217 g/mol. The van der Waals surface area contributed by atoms with Gasteiger partial charge in [-0.25, -0.2) is 0 Å². The van der Waals surface area contributed by atoms with E-state index in [2.05, 4.69) is 19.1 Å². The van der Waals surface area contributed by atoms with E-state index in [9.17, 15) is 4.79 Å². The fourth-order valence-electron chi connectivity index (χ4n) is 1.97. The molecule has 1 saturated carbocycles. The van der Waals surface area contributed by atoms with Gasteiger partial charge in [0.25, 0.3) is 0 Å². The standard InChI is InChI=1S/C14H19NO/c1-11-5-3-4-6-12(11)7-10-14(16)15(2)13-8-9-13/h3-6,13H,7-10H2,1-2H3. The van der Waals surface area contributed by atoms with Gasteiger partial charge in [-0.15, -0.1) is 0 Å². The number of hydrogen-bond donors (Lipinski definition) is 0. The topological polar surface area (TPSA) is 20.3 Å². The van der Waals surface area contributed by atoms with E-state index in [1.807, 2.05) is 24.1 Å². The third-order valence-corrected chi connectivity index (χ3v) is 3.36. The minimum absolute atomic E-state index is 0.283. The Morgan fingerprint density at radius 1 is 1.38 bits per heavy atom. The number of benzene rings is 1. The molecule has 0 bridgehead atoms. The predicted octanol–water partition coefficient (Wildman–Crippen LogP) is 2.55. The van der Waals surface area contributed by atoms with E-state index in [0.717, 1.165) is 6.42 Å². The third-order valence-electron chi connectivity index (χ3n) is 3.36. The lowest BCUT2D eigenvalue weighted by molar-refractivity contribution is -0.130. The summed E-state index contributed by atoms with van der Waals surface area (Å²) in [6.45, 7) is 2.10. The highest BCUT2D eigenvalue weighted by molar-refractivity contribution is 5.76. The molecule has 2 nitrogen and oxygen atoms in total. The van der Waals surface area contributed by atoms with Gasteiger partial charge < -0.3 is 4.90 Å². The summed E-state index contributed by atoms with van der Waals surface area (Å²) in [4.78, 5) is 13.7. The zero-order chi connectivity index (χ0) is 11.5. The van der Waals surface area contributed by atoms with Gasteiger partial charge in [0.15, 0.2) is 0 Å². The number of carbonyl (C=O) groups is 1. The molecule has 0 heterocycles. The maximum Gasteiger partial charge on any atom is 0.222 e. The van der Waals surface area contributed by atoms with Crippen molar-refractivity contribution in [2.75, 3.05) is 7.05 Å². The van der Waals surface area contributed by atoms with Crippen LogP contribution in [0.1, 0.15) is 30.4 Å². The van der Waals surface area contributed by atoms with E-state index in [1.54, 1.807) is 0 Å². The molecule has 1 aliphatic carbocycles. The maximum atomic E-state index is 11.8. The first-order valence-electron chi connectivity index (χ1n) is 5.98. The molecule has 1 aromatic rings. The van der Waals surface area contributed by atoms with Gasteiger partial charge >= 0.3 is 0 Å². The number of nitrogens with zero attached hydrogens (tertiary/aromatic N) is 1. The highest BCUT2D eigenvalue weighted by Gasteiger charge is 2.28. The number of carbonyl (C=O) groups excluding carboxylic acids is 1. The van der Waals surface area contributed by atoms with E-state index >= 15 is 0 Å². The van der Waals surface area contributed by atoms with Crippen molar-refractivity contribution in [1.29, 1.82) is 0 Å². The van der Waals surface area contributed by atoms with Crippen LogP contribution in [0.15, 0.2) is 24.3 Å². The lowest BCUT2D eigenvalue weighted by Gasteiger charge is -2.16. The zero-order valence-electron chi connectivity index (χ0n) is 10.1. The molecular formula is C14H19NO. The van der Waals surface area contributed by atoms with Crippen molar-refractivity contribution < 1.29 is 4.79 Å². The molecule has 16 heavy (non-hydrogen) atoms. The molecule has 0 saturated heterocycles. The van der Waals surface area contributed by atoms with E-state index in [4.69, 9.17) is 0 Å². The third kappa shape index (κ3) is 2.63. The zero-order valence-corrected chi connectivity index (χ0v) is 10.1. The van der Waals surface area contributed by atoms with Crippen LogP contribution < -0.4 is 0 Å². The molecule has 86 valence electrons. The second-order valence-corrected chi connectivity index (χ2v) is 4.66. The quantitative estimate of drug-likeness (QED) is 0.759. The van der Waals surface area contributed by atoms with Crippen molar-refractivity contribution >= 4 is 5.91 Å². The van der Waals surface area contributed by atoms with Crippen molar-refractivity contribution in [2.45, 2.75) is 38.6 Å². The molecule has 2 heteroatoms.